The van der Waals surface area contributed by atoms with E-state index in [2.05, 4.69) is 9.40 Å². The third-order valence-electron chi connectivity index (χ3n) is 1.63. The molecule has 5 nitrogen and oxygen atoms in total. The zero-order chi connectivity index (χ0) is 10.3. The van der Waals surface area contributed by atoms with E-state index in [-0.39, 0.29) is 11.1 Å². The van der Waals surface area contributed by atoms with Crippen molar-refractivity contribution in [2.75, 3.05) is 0 Å². The number of para-hydroxylation sites is 1. The topological polar surface area (TPSA) is 80.4 Å². The molecule has 0 radical (unpaired) electrons. The van der Waals surface area contributed by atoms with Gasteiger partial charge in [-0.3, -0.25) is 4.55 Å². The fourth-order valence-corrected chi connectivity index (χ4v) is 1.75. The van der Waals surface area contributed by atoms with E-state index in [1.165, 1.54) is 12.1 Å². The summed E-state index contributed by atoms with van der Waals surface area (Å²) in [7, 11) is -4.41. The van der Waals surface area contributed by atoms with E-state index in [4.69, 9.17) is 4.55 Å². The van der Waals surface area contributed by atoms with Gasteiger partial charge in [-0.2, -0.15) is 13.4 Å². The monoisotopic (exact) mass is 217 g/mol. The molecule has 2 rings (SSSR count). The number of nitrogens with zero attached hydrogens (tertiary/aromatic N) is 1. The molecule has 0 aliphatic heterocycles. The van der Waals surface area contributed by atoms with Gasteiger partial charge < -0.3 is 4.42 Å². The number of hydrogen-bond donors (Lipinski definition) is 1. The fourth-order valence-electron chi connectivity index (χ4n) is 1.10. The summed E-state index contributed by atoms with van der Waals surface area (Å²) in [5.41, 5.74) is -0.245. The van der Waals surface area contributed by atoms with Gasteiger partial charge in [0.15, 0.2) is 5.58 Å². The molecule has 74 valence electrons. The predicted molar refractivity (Wildman–Crippen MR) is 43.8 cm³/mol. The van der Waals surface area contributed by atoms with Gasteiger partial charge in [-0.1, -0.05) is 6.07 Å². The number of aromatic nitrogens is 1. The average molecular weight is 217 g/mol. The van der Waals surface area contributed by atoms with Gasteiger partial charge in [0, 0.05) is 0 Å². The van der Waals surface area contributed by atoms with Crippen LogP contribution < -0.4 is 0 Å². The number of oxazole rings is 1. The Labute approximate surface area is 77.9 Å². The lowest BCUT2D eigenvalue weighted by Crippen LogP contribution is -1.98. The molecule has 1 aromatic heterocycles. The maximum absolute atomic E-state index is 12.5. The van der Waals surface area contributed by atoms with Crippen LogP contribution in [-0.2, 0) is 10.1 Å². The van der Waals surface area contributed by atoms with Crippen molar-refractivity contribution in [3.63, 3.8) is 0 Å². The first-order valence-electron chi connectivity index (χ1n) is 3.51. The molecule has 0 bridgehead atoms. The number of benzene rings is 1. The van der Waals surface area contributed by atoms with E-state index >= 15 is 0 Å². The fraction of sp³-hybridized carbons (Fsp3) is 0. The predicted octanol–water partition coefficient (Wildman–Crippen LogP) is 1.21. The van der Waals surface area contributed by atoms with Crippen LogP contribution in [-0.4, -0.2) is 18.0 Å². The zero-order valence-electron chi connectivity index (χ0n) is 6.64. The van der Waals surface area contributed by atoms with Gasteiger partial charge in [0.25, 0.3) is 10.1 Å². The van der Waals surface area contributed by atoms with Gasteiger partial charge in [-0.15, -0.1) is 4.39 Å². The van der Waals surface area contributed by atoms with Gasteiger partial charge in [0.1, 0.15) is 10.4 Å². The zero-order valence-corrected chi connectivity index (χ0v) is 7.45. The Morgan fingerprint density at radius 1 is 1.43 bits per heavy atom. The maximum atomic E-state index is 12.5. The quantitative estimate of drug-likeness (QED) is 0.726. The first-order chi connectivity index (χ1) is 6.48. The highest BCUT2D eigenvalue weighted by Gasteiger charge is 2.17. The van der Waals surface area contributed by atoms with Crippen LogP contribution in [0.3, 0.4) is 0 Å². The van der Waals surface area contributed by atoms with Crippen molar-refractivity contribution in [1.29, 1.82) is 0 Å². The van der Waals surface area contributed by atoms with E-state index in [9.17, 15) is 12.8 Å². The van der Waals surface area contributed by atoms with Gasteiger partial charge in [0.2, 0.25) is 0 Å². The Morgan fingerprint density at radius 2 is 2.14 bits per heavy atom. The molecule has 0 amide bonds. The van der Waals surface area contributed by atoms with E-state index in [0.29, 0.717) is 0 Å². The summed E-state index contributed by atoms with van der Waals surface area (Å²) in [5.74, 6) is 0. The molecule has 0 aliphatic rings. The lowest BCUT2D eigenvalue weighted by atomic mass is 10.3. The van der Waals surface area contributed by atoms with Crippen molar-refractivity contribution < 1.29 is 21.8 Å². The minimum absolute atomic E-state index is 0.0300. The van der Waals surface area contributed by atoms with Crippen LogP contribution >= 0.6 is 0 Å². The SMILES string of the molecule is O=S(=O)(O)c1cccc2oc(F)nc12. The molecule has 0 spiro atoms. The highest BCUT2D eigenvalue weighted by atomic mass is 32.2. The molecular formula is C7H4FNO4S. The van der Waals surface area contributed by atoms with Crippen molar-refractivity contribution in [2.24, 2.45) is 0 Å². The van der Waals surface area contributed by atoms with Gasteiger partial charge >= 0.3 is 6.14 Å². The Morgan fingerprint density at radius 3 is 2.79 bits per heavy atom. The number of halogens is 1. The van der Waals surface area contributed by atoms with Crippen LogP contribution in [0.15, 0.2) is 27.5 Å². The highest BCUT2D eigenvalue weighted by molar-refractivity contribution is 7.86. The Bertz CT molecular complexity index is 589. The van der Waals surface area contributed by atoms with Crippen LogP contribution in [0.25, 0.3) is 11.1 Å². The molecule has 0 saturated carbocycles. The molecule has 0 unspecified atom stereocenters. The second kappa shape index (κ2) is 2.76. The van der Waals surface area contributed by atoms with Crippen LogP contribution in [0.5, 0.6) is 0 Å². The largest absolute Gasteiger partial charge is 0.415 e. The Kier molecular flexibility index (Phi) is 1.79. The second-order valence-electron chi connectivity index (χ2n) is 2.54. The van der Waals surface area contributed by atoms with Gasteiger partial charge in [0.05, 0.1) is 0 Å². The van der Waals surface area contributed by atoms with Gasteiger partial charge in [-0.05, 0) is 12.1 Å². The third-order valence-corrected chi connectivity index (χ3v) is 2.52. The summed E-state index contributed by atoms with van der Waals surface area (Å²) < 4.78 is 47.4. The first kappa shape index (κ1) is 9.10. The lowest BCUT2D eigenvalue weighted by Gasteiger charge is -1.94. The number of hydrogen-bond acceptors (Lipinski definition) is 4. The van der Waals surface area contributed by atoms with Crippen molar-refractivity contribution in [3.8, 4) is 0 Å². The molecule has 14 heavy (non-hydrogen) atoms. The van der Waals surface area contributed by atoms with E-state index in [0.717, 1.165) is 6.07 Å². The second-order valence-corrected chi connectivity index (χ2v) is 3.93. The summed E-state index contributed by atoms with van der Waals surface area (Å²) in [6.07, 6.45) is -1.14. The summed E-state index contributed by atoms with van der Waals surface area (Å²) >= 11 is 0. The molecule has 0 saturated heterocycles. The van der Waals surface area contributed by atoms with Crippen LogP contribution in [0.2, 0.25) is 0 Å². The van der Waals surface area contributed by atoms with Crippen molar-refractivity contribution in [3.05, 3.63) is 24.3 Å². The molecular weight excluding hydrogens is 213 g/mol. The molecule has 0 fully saturated rings. The van der Waals surface area contributed by atoms with Crippen LogP contribution in [0.4, 0.5) is 4.39 Å². The normalized spacial score (nSPS) is 12.1. The van der Waals surface area contributed by atoms with Crippen molar-refractivity contribution in [1.82, 2.24) is 4.98 Å². The minimum Gasteiger partial charge on any atom is -0.415 e. The molecule has 7 heteroatoms. The lowest BCUT2D eigenvalue weighted by molar-refractivity contribution is 0.355. The summed E-state index contributed by atoms with van der Waals surface area (Å²) in [6.45, 7) is 0. The number of fused-ring (bicyclic) bond motifs is 1. The molecule has 0 aliphatic carbocycles. The molecule has 1 aromatic carbocycles. The third kappa shape index (κ3) is 1.36. The highest BCUT2D eigenvalue weighted by Crippen LogP contribution is 2.22. The molecule has 0 atom stereocenters. The van der Waals surface area contributed by atoms with E-state index in [1.54, 1.807) is 0 Å². The van der Waals surface area contributed by atoms with Crippen molar-refractivity contribution in [2.45, 2.75) is 4.90 Å². The van der Waals surface area contributed by atoms with Crippen LogP contribution in [0.1, 0.15) is 0 Å². The standard InChI is InChI=1S/C7H4FNO4S/c8-7-9-6-4(13-7)2-1-3-5(6)14(10,11)12/h1-3H,(H,10,11,12). The van der Waals surface area contributed by atoms with Crippen molar-refractivity contribution >= 4 is 21.2 Å². The van der Waals surface area contributed by atoms with Gasteiger partial charge in [-0.25, -0.2) is 0 Å². The van der Waals surface area contributed by atoms with E-state index in [1.807, 2.05) is 0 Å². The first-order valence-corrected chi connectivity index (χ1v) is 4.95. The average Bonchev–Trinajstić information content (AvgIpc) is 2.41. The van der Waals surface area contributed by atoms with Crippen LogP contribution in [0, 0.1) is 6.14 Å². The molecule has 1 N–H and O–H groups in total. The summed E-state index contributed by atoms with van der Waals surface area (Å²) in [5, 5.41) is 0. The number of rotatable bonds is 1. The maximum Gasteiger partial charge on any atom is 0.382 e. The molecule has 2 aromatic rings. The molecule has 1 heterocycles. The minimum atomic E-state index is -4.41. The smallest absolute Gasteiger partial charge is 0.382 e. The Balaban J connectivity index is 2.90. The van der Waals surface area contributed by atoms with E-state index < -0.39 is 21.2 Å². The Hall–Kier alpha value is -1.47. The summed E-state index contributed by atoms with van der Waals surface area (Å²) in [4.78, 5) is 2.74. The summed E-state index contributed by atoms with van der Waals surface area (Å²) in [6, 6.07) is 3.77.